The maximum atomic E-state index is 12.5. The van der Waals surface area contributed by atoms with Gasteiger partial charge in [0, 0.05) is 11.4 Å². The molecule has 0 spiro atoms. The average molecular weight is 394 g/mol. The smallest absolute Gasteiger partial charge is 0.326 e. The fraction of sp³-hybridized carbons (Fsp3) is 0.471. The van der Waals surface area contributed by atoms with Gasteiger partial charge in [0.25, 0.3) is 11.5 Å². The first-order valence-corrected chi connectivity index (χ1v) is 9.24. The lowest BCUT2D eigenvalue weighted by atomic mass is 10.2. The van der Waals surface area contributed by atoms with Gasteiger partial charge in [0.2, 0.25) is 5.91 Å². The lowest BCUT2D eigenvalue weighted by Crippen LogP contribution is -2.46. The molecule has 146 valence electrons. The predicted molar refractivity (Wildman–Crippen MR) is 101 cm³/mol. The summed E-state index contributed by atoms with van der Waals surface area (Å²) in [6, 6.07) is -0.741. The van der Waals surface area contributed by atoms with Crippen molar-refractivity contribution >= 4 is 39.3 Å². The number of nitrogens with one attached hydrogen (secondary N) is 2. The Hall–Kier alpha value is -2.75. The minimum absolute atomic E-state index is 0.326. The maximum Gasteiger partial charge on any atom is 0.326 e. The average Bonchev–Trinajstić information content (AvgIpc) is 2.90. The summed E-state index contributed by atoms with van der Waals surface area (Å²) in [4.78, 5) is 53.6. The number of esters is 1. The van der Waals surface area contributed by atoms with Crippen molar-refractivity contribution in [3.05, 3.63) is 27.1 Å². The second-order valence-electron chi connectivity index (χ2n) is 5.99. The molecule has 0 aliphatic carbocycles. The zero-order chi connectivity index (χ0) is 20.1. The number of carbonyl (C=O) groups is 3. The minimum atomic E-state index is -0.747. The van der Waals surface area contributed by atoms with Gasteiger partial charge in [-0.1, -0.05) is 0 Å². The molecule has 0 aliphatic heterocycles. The molecule has 0 unspecified atom stereocenters. The lowest BCUT2D eigenvalue weighted by Gasteiger charge is -2.13. The molecular weight excluding hydrogens is 372 g/mol. The Morgan fingerprint density at radius 2 is 2.04 bits per heavy atom. The van der Waals surface area contributed by atoms with Gasteiger partial charge >= 0.3 is 5.97 Å². The number of aryl methyl sites for hydroxylation is 2. The first kappa shape index (κ1) is 20.6. The monoisotopic (exact) mass is 394 g/mol. The summed E-state index contributed by atoms with van der Waals surface area (Å²) in [5.74, 6) is -1.68. The molecule has 27 heavy (non-hydrogen) atoms. The third-order valence-electron chi connectivity index (χ3n) is 3.94. The second kappa shape index (κ2) is 8.76. The Labute approximate surface area is 159 Å². The highest BCUT2D eigenvalue weighted by Crippen LogP contribution is 2.25. The molecule has 0 aromatic carbocycles. The molecule has 0 aliphatic rings. The van der Waals surface area contributed by atoms with Gasteiger partial charge in [-0.3, -0.25) is 23.7 Å². The van der Waals surface area contributed by atoms with Gasteiger partial charge in [-0.15, -0.1) is 11.3 Å². The summed E-state index contributed by atoms with van der Waals surface area (Å²) in [5.41, 5.74) is 0.516. The third-order valence-corrected chi connectivity index (χ3v) is 5.06. The number of amides is 2. The van der Waals surface area contributed by atoms with E-state index in [9.17, 15) is 19.2 Å². The molecule has 2 heterocycles. The van der Waals surface area contributed by atoms with Crippen LogP contribution in [-0.4, -0.2) is 46.5 Å². The first-order chi connectivity index (χ1) is 12.7. The Morgan fingerprint density at radius 1 is 1.33 bits per heavy atom. The van der Waals surface area contributed by atoms with Gasteiger partial charge in [-0.05, 0) is 33.3 Å². The standard InChI is InChI=1S/C17H22N4O5S/c1-5-18-15(24)10(3)20-12(22)7-26-13(23)6-21-8-19-16-14(17(21)25)9(2)11(4)27-16/h8,10H,5-7H2,1-4H3,(H,18,24)(H,20,22)/t10-/m1/s1. The van der Waals surface area contributed by atoms with Gasteiger partial charge in [-0.25, -0.2) is 4.98 Å². The summed E-state index contributed by atoms with van der Waals surface area (Å²) in [6.07, 6.45) is 1.29. The SMILES string of the molecule is CCNC(=O)[C@@H](C)NC(=O)COC(=O)Cn1cnc2sc(C)c(C)c2c1=O. The van der Waals surface area contributed by atoms with E-state index in [0.29, 0.717) is 16.8 Å². The summed E-state index contributed by atoms with van der Waals surface area (Å²) < 4.78 is 6.04. The van der Waals surface area contributed by atoms with Gasteiger partial charge in [0.15, 0.2) is 6.61 Å². The fourth-order valence-corrected chi connectivity index (χ4v) is 3.38. The van der Waals surface area contributed by atoms with Crippen LogP contribution in [0.2, 0.25) is 0 Å². The van der Waals surface area contributed by atoms with Crippen LogP contribution in [-0.2, 0) is 25.7 Å². The summed E-state index contributed by atoms with van der Waals surface area (Å²) in [7, 11) is 0. The zero-order valence-electron chi connectivity index (χ0n) is 15.6. The summed E-state index contributed by atoms with van der Waals surface area (Å²) in [5, 5.41) is 5.48. The Morgan fingerprint density at radius 3 is 2.70 bits per heavy atom. The summed E-state index contributed by atoms with van der Waals surface area (Å²) >= 11 is 1.42. The van der Waals surface area contributed by atoms with Crippen LogP contribution in [0.5, 0.6) is 0 Å². The Kier molecular flexibility index (Phi) is 6.67. The largest absolute Gasteiger partial charge is 0.454 e. The van der Waals surface area contributed by atoms with E-state index in [4.69, 9.17) is 4.74 Å². The highest BCUT2D eigenvalue weighted by molar-refractivity contribution is 7.18. The second-order valence-corrected chi connectivity index (χ2v) is 7.19. The zero-order valence-corrected chi connectivity index (χ0v) is 16.4. The predicted octanol–water partition coefficient (Wildman–Crippen LogP) is 0.259. The van der Waals surface area contributed by atoms with E-state index < -0.39 is 24.5 Å². The highest BCUT2D eigenvalue weighted by Gasteiger charge is 2.17. The van der Waals surface area contributed by atoms with Crippen LogP contribution < -0.4 is 16.2 Å². The van der Waals surface area contributed by atoms with E-state index in [0.717, 1.165) is 15.0 Å². The van der Waals surface area contributed by atoms with Crippen molar-refractivity contribution in [3.63, 3.8) is 0 Å². The number of carbonyl (C=O) groups excluding carboxylic acids is 3. The minimum Gasteiger partial charge on any atom is -0.454 e. The van der Waals surface area contributed by atoms with Crippen LogP contribution in [0, 0.1) is 13.8 Å². The number of rotatable bonds is 7. The van der Waals surface area contributed by atoms with Crippen LogP contribution in [0.25, 0.3) is 10.2 Å². The molecule has 2 N–H and O–H groups in total. The van der Waals surface area contributed by atoms with Crippen molar-refractivity contribution < 1.29 is 19.1 Å². The molecule has 2 rings (SSSR count). The van der Waals surface area contributed by atoms with E-state index >= 15 is 0 Å². The normalized spacial score (nSPS) is 11.9. The number of aromatic nitrogens is 2. The van der Waals surface area contributed by atoms with Crippen molar-refractivity contribution in [2.45, 2.75) is 40.3 Å². The molecule has 2 aromatic rings. The van der Waals surface area contributed by atoms with E-state index in [-0.39, 0.29) is 18.0 Å². The number of thiophene rings is 1. The Balaban J connectivity index is 1.94. The fourth-order valence-electron chi connectivity index (χ4n) is 2.39. The number of fused-ring (bicyclic) bond motifs is 1. The number of hydrogen-bond donors (Lipinski definition) is 2. The number of hydrogen-bond acceptors (Lipinski definition) is 7. The molecular formula is C17H22N4O5S. The van der Waals surface area contributed by atoms with Gasteiger partial charge in [0.1, 0.15) is 17.4 Å². The maximum absolute atomic E-state index is 12.5. The van der Waals surface area contributed by atoms with E-state index in [1.807, 2.05) is 13.8 Å². The van der Waals surface area contributed by atoms with Gasteiger partial charge < -0.3 is 15.4 Å². The molecule has 0 saturated heterocycles. The van der Waals surface area contributed by atoms with Crippen molar-refractivity contribution in [3.8, 4) is 0 Å². The molecule has 2 aromatic heterocycles. The molecule has 0 bridgehead atoms. The van der Waals surface area contributed by atoms with Crippen LogP contribution in [0.15, 0.2) is 11.1 Å². The van der Waals surface area contributed by atoms with E-state index in [1.165, 1.54) is 24.6 Å². The molecule has 10 heteroatoms. The molecule has 0 saturated carbocycles. The van der Waals surface area contributed by atoms with Crippen LogP contribution in [0.1, 0.15) is 24.3 Å². The number of nitrogens with zero attached hydrogens (tertiary/aromatic N) is 2. The van der Waals surface area contributed by atoms with Crippen LogP contribution in [0.4, 0.5) is 0 Å². The number of likely N-dealkylation sites (N-methyl/N-ethyl adjacent to an activating group) is 1. The van der Waals surface area contributed by atoms with Crippen LogP contribution in [0.3, 0.4) is 0 Å². The topological polar surface area (TPSA) is 119 Å². The third kappa shape index (κ3) is 4.91. The lowest BCUT2D eigenvalue weighted by molar-refractivity contribution is -0.149. The van der Waals surface area contributed by atoms with Crippen molar-refractivity contribution in [1.82, 2.24) is 20.2 Å². The molecule has 2 amide bonds. The Bertz CT molecular complexity index is 933. The number of ether oxygens (including phenoxy) is 1. The van der Waals surface area contributed by atoms with Crippen LogP contribution >= 0.6 is 11.3 Å². The molecule has 0 radical (unpaired) electrons. The quantitative estimate of drug-likeness (QED) is 0.650. The molecule has 0 fully saturated rings. The van der Waals surface area contributed by atoms with Crippen molar-refractivity contribution in [2.75, 3.05) is 13.2 Å². The summed E-state index contributed by atoms with van der Waals surface area (Å²) in [6.45, 7) is 6.58. The van der Waals surface area contributed by atoms with Gasteiger partial charge in [0.05, 0.1) is 11.7 Å². The van der Waals surface area contributed by atoms with Gasteiger partial charge in [-0.2, -0.15) is 0 Å². The first-order valence-electron chi connectivity index (χ1n) is 8.42. The molecule has 1 atom stereocenters. The van der Waals surface area contributed by atoms with Crippen molar-refractivity contribution in [1.29, 1.82) is 0 Å². The van der Waals surface area contributed by atoms with E-state index in [2.05, 4.69) is 15.6 Å². The molecule has 9 nitrogen and oxygen atoms in total. The van der Waals surface area contributed by atoms with E-state index in [1.54, 1.807) is 6.92 Å². The highest BCUT2D eigenvalue weighted by atomic mass is 32.1. The van der Waals surface area contributed by atoms with Crippen molar-refractivity contribution in [2.24, 2.45) is 0 Å².